The number of halogens is 2. The van der Waals surface area contributed by atoms with E-state index in [0.717, 1.165) is 28.4 Å². The van der Waals surface area contributed by atoms with Gasteiger partial charge in [-0.3, -0.25) is 0 Å². The van der Waals surface area contributed by atoms with Crippen molar-refractivity contribution in [1.29, 1.82) is 0 Å². The van der Waals surface area contributed by atoms with Crippen LogP contribution in [0.1, 0.15) is 37.8 Å². The molecule has 1 N–H and O–H groups in total. The molecular formula is C15H18Br2O. The fourth-order valence-electron chi connectivity index (χ4n) is 2.89. The van der Waals surface area contributed by atoms with Crippen LogP contribution in [0.3, 0.4) is 0 Å². The molecule has 1 aromatic carbocycles. The molecule has 1 nitrogen and oxygen atoms in total. The Labute approximate surface area is 126 Å². The second kappa shape index (κ2) is 5.01. The Bertz CT molecular complexity index is 507. The lowest BCUT2D eigenvalue weighted by Crippen LogP contribution is -2.25. The van der Waals surface area contributed by atoms with E-state index in [1.54, 1.807) is 0 Å². The van der Waals surface area contributed by atoms with Crippen LogP contribution in [0.2, 0.25) is 0 Å². The van der Waals surface area contributed by atoms with E-state index in [0.29, 0.717) is 11.7 Å². The Morgan fingerprint density at radius 3 is 2.67 bits per heavy atom. The van der Waals surface area contributed by atoms with Crippen LogP contribution >= 0.6 is 31.9 Å². The van der Waals surface area contributed by atoms with E-state index < -0.39 is 0 Å². The molecule has 1 aliphatic rings. The summed E-state index contributed by atoms with van der Waals surface area (Å²) in [5, 5.41) is 10.3. The summed E-state index contributed by atoms with van der Waals surface area (Å²) in [7, 11) is 0. The normalized spacial score (nSPS) is 30.1. The molecule has 1 aliphatic carbocycles. The lowest BCUT2D eigenvalue weighted by molar-refractivity contribution is 0.369. The average Bonchev–Trinajstić information content (AvgIpc) is 2.61. The number of hydrogen-bond acceptors (Lipinski definition) is 1. The molecule has 1 fully saturated rings. The van der Waals surface area contributed by atoms with Crippen LogP contribution in [-0.2, 0) is 5.41 Å². The number of phenols is 1. The first-order valence-corrected chi connectivity index (χ1v) is 7.89. The monoisotopic (exact) mass is 372 g/mol. The maximum absolute atomic E-state index is 10.3. The summed E-state index contributed by atoms with van der Waals surface area (Å²) in [4.78, 5) is 2.04. The van der Waals surface area contributed by atoms with Gasteiger partial charge in [0.15, 0.2) is 0 Å². The van der Waals surface area contributed by atoms with Crippen LogP contribution in [0.15, 0.2) is 27.2 Å². The highest BCUT2D eigenvalue weighted by Gasteiger charge is 2.41. The van der Waals surface area contributed by atoms with Crippen molar-refractivity contribution in [2.75, 3.05) is 0 Å². The number of aromatic hydroxyl groups is 1. The zero-order valence-corrected chi connectivity index (χ0v) is 14.1. The van der Waals surface area contributed by atoms with E-state index in [4.69, 9.17) is 0 Å². The van der Waals surface area contributed by atoms with Crippen LogP contribution in [0, 0.1) is 12.8 Å². The summed E-state index contributed by atoms with van der Waals surface area (Å²) in [5.74, 6) is 0.859. The molecule has 0 spiro atoms. The maximum atomic E-state index is 10.3. The third-order valence-corrected chi connectivity index (χ3v) is 5.92. The van der Waals surface area contributed by atoms with E-state index in [-0.39, 0.29) is 5.41 Å². The van der Waals surface area contributed by atoms with Crippen molar-refractivity contribution in [3.8, 4) is 5.75 Å². The fourth-order valence-corrected chi connectivity index (χ4v) is 3.86. The molecule has 0 aromatic heterocycles. The summed E-state index contributed by atoms with van der Waals surface area (Å²) < 4.78 is 1.07. The van der Waals surface area contributed by atoms with Crippen molar-refractivity contribution in [1.82, 2.24) is 0 Å². The van der Waals surface area contributed by atoms with Crippen molar-refractivity contribution in [3.63, 3.8) is 0 Å². The molecule has 0 amide bonds. The van der Waals surface area contributed by atoms with Gasteiger partial charge in [0.1, 0.15) is 5.75 Å². The standard InChI is InChI=1S/C15H18Br2O/c1-9-6-14(18)12(7-13(9)17)15(3)5-4-11(8-16)10(15)2/h6-8,10,18H,4-5H2,1-3H3/b11-8-/t10-,15+/m0/s1. The molecule has 0 radical (unpaired) electrons. The molecule has 0 saturated heterocycles. The molecule has 1 aromatic rings. The molecule has 98 valence electrons. The molecule has 0 aliphatic heterocycles. The smallest absolute Gasteiger partial charge is 0.119 e. The van der Waals surface area contributed by atoms with Gasteiger partial charge in [0.05, 0.1) is 0 Å². The third-order valence-electron chi connectivity index (χ3n) is 4.48. The average molecular weight is 374 g/mol. The molecule has 2 atom stereocenters. The van der Waals surface area contributed by atoms with Crippen molar-refractivity contribution >= 4 is 31.9 Å². The zero-order valence-electron chi connectivity index (χ0n) is 10.9. The quantitative estimate of drug-likeness (QED) is 0.695. The van der Waals surface area contributed by atoms with Crippen molar-refractivity contribution < 1.29 is 5.11 Å². The van der Waals surface area contributed by atoms with Gasteiger partial charge >= 0.3 is 0 Å². The van der Waals surface area contributed by atoms with Gasteiger partial charge in [0.2, 0.25) is 0 Å². The first-order valence-electron chi connectivity index (χ1n) is 6.19. The van der Waals surface area contributed by atoms with Gasteiger partial charge in [-0.25, -0.2) is 0 Å². The molecule has 0 unspecified atom stereocenters. The predicted octanol–water partition coefficient (Wildman–Crippen LogP) is 5.43. The van der Waals surface area contributed by atoms with Gasteiger partial charge in [-0.1, -0.05) is 51.3 Å². The van der Waals surface area contributed by atoms with E-state index in [2.05, 4.69) is 51.8 Å². The van der Waals surface area contributed by atoms with Crippen LogP contribution in [0.5, 0.6) is 5.75 Å². The van der Waals surface area contributed by atoms with E-state index in [1.807, 2.05) is 18.0 Å². The molecule has 0 heterocycles. The number of aryl methyl sites for hydroxylation is 1. The summed E-state index contributed by atoms with van der Waals surface area (Å²) in [6.07, 6.45) is 2.17. The van der Waals surface area contributed by atoms with Crippen molar-refractivity contribution in [3.05, 3.63) is 38.3 Å². The minimum absolute atomic E-state index is 0.0138. The highest BCUT2D eigenvalue weighted by atomic mass is 79.9. The fraction of sp³-hybridized carbons (Fsp3) is 0.467. The van der Waals surface area contributed by atoms with Crippen LogP contribution in [-0.4, -0.2) is 5.11 Å². The van der Waals surface area contributed by atoms with Gasteiger partial charge in [-0.2, -0.15) is 0 Å². The Kier molecular flexibility index (Phi) is 3.93. The van der Waals surface area contributed by atoms with Crippen molar-refractivity contribution in [2.45, 2.75) is 39.0 Å². The highest BCUT2D eigenvalue weighted by Crippen LogP contribution is 2.51. The Balaban J connectivity index is 2.52. The SMILES string of the molecule is Cc1cc(O)c([C@]2(C)CC/C(=C/Br)[C@@H]2C)cc1Br. The molecule has 2 rings (SSSR count). The number of hydrogen-bond donors (Lipinski definition) is 1. The third kappa shape index (κ3) is 2.16. The molecular weight excluding hydrogens is 356 g/mol. The van der Waals surface area contributed by atoms with E-state index in [9.17, 15) is 5.11 Å². The topological polar surface area (TPSA) is 20.2 Å². The Hall–Kier alpha value is -0.280. The second-order valence-corrected chi connectivity index (χ2v) is 6.75. The van der Waals surface area contributed by atoms with Gasteiger partial charge in [-0.15, -0.1) is 0 Å². The molecule has 18 heavy (non-hydrogen) atoms. The van der Waals surface area contributed by atoms with Crippen molar-refractivity contribution in [2.24, 2.45) is 5.92 Å². The zero-order chi connectivity index (χ0) is 13.5. The maximum Gasteiger partial charge on any atom is 0.119 e. The molecule has 0 bridgehead atoms. The largest absolute Gasteiger partial charge is 0.508 e. The van der Waals surface area contributed by atoms with Crippen LogP contribution in [0.4, 0.5) is 0 Å². The predicted molar refractivity (Wildman–Crippen MR) is 83.3 cm³/mol. The molecule has 1 saturated carbocycles. The number of allylic oxidation sites excluding steroid dienone is 1. The number of rotatable bonds is 1. The van der Waals surface area contributed by atoms with Gasteiger partial charge in [0, 0.05) is 15.5 Å². The van der Waals surface area contributed by atoms with Gasteiger partial charge in [-0.05, 0) is 48.4 Å². The van der Waals surface area contributed by atoms with Crippen LogP contribution < -0.4 is 0 Å². The first kappa shape index (κ1) is 14.1. The van der Waals surface area contributed by atoms with E-state index >= 15 is 0 Å². The minimum atomic E-state index is 0.0138. The Morgan fingerprint density at radius 2 is 2.11 bits per heavy atom. The number of phenolic OH excluding ortho intramolecular Hbond substituents is 1. The summed E-state index contributed by atoms with van der Waals surface area (Å²) >= 11 is 7.02. The summed E-state index contributed by atoms with van der Waals surface area (Å²) in [5.41, 5.74) is 3.56. The summed E-state index contributed by atoms with van der Waals surface area (Å²) in [6, 6.07) is 3.94. The highest BCUT2D eigenvalue weighted by molar-refractivity contribution is 9.11. The lowest BCUT2D eigenvalue weighted by Gasteiger charge is -2.31. The van der Waals surface area contributed by atoms with E-state index in [1.165, 1.54) is 5.57 Å². The van der Waals surface area contributed by atoms with Gasteiger partial charge < -0.3 is 5.11 Å². The second-order valence-electron chi connectivity index (χ2n) is 5.44. The molecule has 3 heteroatoms. The van der Waals surface area contributed by atoms with Gasteiger partial charge in [0.25, 0.3) is 0 Å². The Morgan fingerprint density at radius 1 is 1.44 bits per heavy atom. The van der Waals surface area contributed by atoms with Crippen LogP contribution in [0.25, 0.3) is 0 Å². The minimum Gasteiger partial charge on any atom is -0.508 e. The summed E-state index contributed by atoms with van der Waals surface area (Å²) in [6.45, 7) is 6.49. The number of benzene rings is 1. The lowest BCUT2D eigenvalue weighted by atomic mass is 9.73. The first-order chi connectivity index (χ1) is 8.40.